The smallest absolute Gasteiger partial charge is 0.268 e. The predicted octanol–water partition coefficient (Wildman–Crippen LogP) is 5.19. The molecule has 0 saturated heterocycles. The topological polar surface area (TPSA) is 93.1 Å². The highest BCUT2D eigenvalue weighted by atomic mass is 16.1. The Morgan fingerprint density at radius 2 is 1.68 bits per heavy atom. The van der Waals surface area contributed by atoms with Crippen molar-refractivity contribution in [3.05, 3.63) is 23.9 Å². The molecule has 28 heavy (non-hydrogen) atoms. The molecule has 0 aromatic carbocycles. The number of hydrogen-bond donors (Lipinski definition) is 1. The molecule has 1 amide bonds. The van der Waals surface area contributed by atoms with Crippen molar-refractivity contribution >= 4 is 17.6 Å². The van der Waals surface area contributed by atoms with E-state index in [1.165, 1.54) is 51.4 Å². The van der Waals surface area contributed by atoms with Gasteiger partial charge in [0.2, 0.25) is 5.91 Å². The number of rotatable bonds is 14. The Bertz CT molecular complexity index is 687. The lowest BCUT2D eigenvalue weighted by molar-refractivity contribution is -0.117. The number of nitrogens with zero attached hydrogens (tertiary/aromatic N) is 5. The second-order valence-corrected chi connectivity index (χ2v) is 7.66. The second kappa shape index (κ2) is 11.6. The standard InChI is InChI=1S/C21H34N6O/c1-3-4-5-6-7-8-9-10-11-12-16-27(21-18(2)14-13-15-23-21)20(17-19(22)28)24-25-26-27/h13-15H,3-12,16-17H2,1-2H3,(H-,22,28)/p+1. The number of unbranched alkanes of at least 4 members (excludes halogenated alkanes) is 9. The average Bonchev–Trinajstić information content (AvgIpc) is 3.06. The number of aryl methyl sites for hydroxylation is 1. The van der Waals surface area contributed by atoms with Crippen molar-refractivity contribution in [1.82, 2.24) is 9.58 Å². The van der Waals surface area contributed by atoms with Crippen LogP contribution in [0, 0.1) is 6.92 Å². The van der Waals surface area contributed by atoms with Crippen molar-refractivity contribution in [1.29, 1.82) is 0 Å². The minimum absolute atomic E-state index is 0.0424. The Balaban J connectivity index is 1.89. The highest BCUT2D eigenvalue weighted by Crippen LogP contribution is 2.31. The van der Waals surface area contributed by atoms with Gasteiger partial charge in [0.25, 0.3) is 11.7 Å². The summed E-state index contributed by atoms with van der Waals surface area (Å²) in [6.07, 6.45) is 14.4. The van der Waals surface area contributed by atoms with Crippen LogP contribution in [0.1, 0.15) is 83.1 Å². The Labute approximate surface area is 168 Å². The molecule has 1 aliphatic rings. The number of primary amides is 1. The summed E-state index contributed by atoms with van der Waals surface area (Å²) in [4.78, 5) is 16.1. The van der Waals surface area contributed by atoms with E-state index in [1.54, 1.807) is 6.20 Å². The van der Waals surface area contributed by atoms with E-state index in [9.17, 15) is 4.79 Å². The molecule has 1 aromatic heterocycles. The fourth-order valence-corrected chi connectivity index (χ4v) is 3.72. The Morgan fingerprint density at radius 3 is 2.29 bits per heavy atom. The highest BCUT2D eigenvalue weighted by Gasteiger charge is 2.45. The first kappa shape index (κ1) is 22.1. The molecule has 0 fully saturated rings. The maximum absolute atomic E-state index is 11.5. The summed E-state index contributed by atoms with van der Waals surface area (Å²) >= 11 is 0. The molecule has 1 aliphatic heterocycles. The second-order valence-electron chi connectivity index (χ2n) is 7.66. The third-order valence-corrected chi connectivity index (χ3v) is 5.28. The molecule has 0 radical (unpaired) electrons. The lowest BCUT2D eigenvalue weighted by Crippen LogP contribution is -2.50. The fourth-order valence-electron chi connectivity index (χ4n) is 3.72. The molecule has 7 nitrogen and oxygen atoms in total. The number of pyridine rings is 1. The zero-order valence-electron chi connectivity index (χ0n) is 17.4. The third-order valence-electron chi connectivity index (χ3n) is 5.28. The van der Waals surface area contributed by atoms with Crippen molar-refractivity contribution in [3.8, 4) is 0 Å². The van der Waals surface area contributed by atoms with Gasteiger partial charge in [0.15, 0.2) is 0 Å². The molecule has 2 heterocycles. The Hall–Kier alpha value is -2.15. The van der Waals surface area contributed by atoms with E-state index in [4.69, 9.17) is 5.73 Å². The number of carbonyl (C=O) groups is 1. The van der Waals surface area contributed by atoms with Gasteiger partial charge < -0.3 is 5.73 Å². The Morgan fingerprint density at radius 1 is 1.04 bits per heavy atom. The molecular formula is C21H35N6O+. The van der Waals surface area contributed by atoms with Gasteiger partial charge in [-0.3, -0.25) is 4.79 Å². The molecule has 0 aliphatic carbocycles. The molecule has 0 bridgehead atoms. The molecular weight excluding hydrogens is 352 g/mol. The molecule has 1 atom stereocenters. The van der Waals surface area contributed by atoms with Crippen molar-refractivity contribution in [2.24, 2.45) is 21.3 Å². The minimum Gasteiger partial charge on any atom is -0.369 e. The number of amides is 1. The SMILES string of the molecule is CCCCCCCCCCCC[N+]1(c2ncccc2C)N=NN=C1CC(N)=O. The summed E-state index contributed by atoms with van der Waals surface area (Å²) in [5, 5.41) is 12.4. The monoisotopic (exact) mass is 387 g/mol. The van der Waals surface area contributed by atoms with E-state index in [-0.39, 0.29) is 11.0 Å². The largest absolute Gasteiger partial charge is 0.369 e. The van der Waals surface area contributed by atoms with Gasteiger partial charge >= 0.3 is 0 Å². The summed E-state index contributed by atoms with van der Waals surface area (Å²) in [6.45, 7) is 4.95. The van der Waals surface area contributed by atoms with Crippen LogP contribution in [-0.2, 0) is 4.79 Å². The van der Waals surface area contributed by atoms with Gasteiger partial charge in [0.05, 0.1) is 5.22 Å². The predicted molar refractivity (Wildman–Crippen MR) is 114 cm³/mol. The normalized spacial score (nSPS) is 18.4. The average molecular weight is 388 g/mol. The first-order valence-electron chi connectivity index (χ1n) is 10.7. The van der Waals surface area contributed by atoms with Gasteiger partial charge in [-0.15, -0.1) is 0 Å². The number of aromatic nitrogens is 1. The van der Waals surface area contributed by atoms with Crippen LogP contribution in [0.25, 0.3) is 0 Å². The summed E-state index contributed by atoms with van der Waals surface area (Å²) < 4.78 is 0.0760. The van der Waals surface area contributed by atoms with E-state index >= 15 is 0 Å². The van der Waals surface area contributed by atoms with E-state index in [2.05, 4.69) is 27.5 Å². The van der Waals surface area contributed by atoms with Crippen LogP contribution in [0.2, 0.25) is 0 Å². The number of carbonyl (C=O) groups excluding carboxylic acids is 1. The van der Waals surface area contributed by atoms with E-state index in [0.717, 1.165) is 24.2 Å². The maximum atomic E-state index is 11.5. The van der Waals surface area contributed by atoms with Crippen LogP contribution in [0.5, 0.6) is 0 Å². The summed E-state index contributed by atoms with van der Waals surface area (Å²) in [5.74, 6) is 0.912. The van der Waals surface area contributed by atoms with Crippen LogP contribution < -0.4 is 10.3 Å². The molecule has 2 rings (SSSR count). The quantitative estimate of drug-likeness (QED) is 0.351. The third kappa shape index (κ3) is 6.19. The van der Waals surface area contributed by atoms with E-state index in [0.29, 0.717) is 12.4 Å². The zero-order valence-corrected chi connectivity index (χ0v) is 17.4. The molecule has 154 valence electrons. The minimum atomic E-state index is -0.426. The molecule has 2 N–H and O–H groups in total. The van der Waals surface area contributed by atoms with Gasteiger partial charge in [-0.05, 0) is 31.9 Å². The van der Waals surface area contributed by atoms with Crippen molar-refractivity contribution < 1.29 is 4.79 Å². The summed E-state index contributed by atoms with van der Waals surface area (Å²) in [6, 6.07) is 3.89. The van der Waals surface area contributed by atoms with Gasteiger partial charge in [-0.2, -0.15) is 0 Å². The highest BCUT2D eigenvalue weighted by molar-refractivity contribution is 6.04. The number of amidine groups is 1. The van der Waals surface area contributed by atoms with E-state index in [1.807, 2.05) is 19.1 Å². The number of quaternary nitrogens is 1. The lowest BCUT2D eigenvalue weighted by atomic mass is 10.1. The van der Waals surface area contributed by atoms with Crippen molar-refractivity contribution in [2.45, 2.75) is 84.5 Å². The van der Waals surface area contributed by atoms with E-state index < -0.39 is 5.91 Å². The number of nitrogens with two attached hydrogens (primary N) is 1. The molecule has 1 unspecified atom stereocenters. The van der Waals surface area contributed by atoms with Gasteiger partial charge in [-0.25, -0.2) is 4.98 Å². The molecule has 1 aromatic rings. The number of hydrogen-bond acceptors (Lipinski definition) is 5. The van der Waals surface area contributed by atoms with Gasteiger partial charge in [0.1, 0.15) is 13.0 Å². The van der Waals surface area contributed by atoms with Gasteiger partial charge in [-0.1, -0.05) is 68.0 Å². The lowest BCUT2D eigenvalue weighted by Gasteiger charge is -2.26. The summed E-state index contributed by atoms with van der Waals surface area (Å²) in [7, 11) is 0. The fraction of sp³-hybridized carbons (Fsp3) is 0.667. The zero-order chi connectivity index (χ0) is 20.2. The molecule has 0 spiro atoms. The first-order valence-corrected chi connectivity index (χ1v) is 10.7. The maximum Gasteiger partial charge on any atom is 0.268 e. The molecule has 0 saturated carbocycles. The molecule has 7 heteroatoms. The first-order chi connectivity index (χ1) is 13.6. The van der Waals surface area contributed by atoms with Crippen molar-refractivity contribution in [3.63, 3.8) is 0 Å². The van der Waals surface area contributed by atoms with Crippen LogP contribution in [0.3, 0.4) is 0 Å². The van der Waals surface area contributed by atoms with Crippen LogP contribution in [0.4, 0.5) is 5.82 Å². The van der Waals surface area contributed by atoms with Crippen LogP contribution >= 0.6 is 0 Å². The van der Waals surface area contributed by atoms with Crippen molar-refractivity contribution in [2.75, 3.05) is 6.54 Å². The van der Waals surface area contributed by atoms with Gasteiger partial charge in [0, 0.05) is 17.0 Å². The Kier molecular flexibility index (Phi) is 9.20. The van der Waals surface area contributed by atoms with Crippen LogP contribution in [0.15, 0.2) is 33.9 Å². The summed E-state index contributed by atoms with van der Waals surface area (Å²) in [5.41, 5.74) is 6.44. The van der Waals surface area contributed by atoms with Crippen LogP contribution in [-0.4, -0.2) is 23.3 Å².